The predicted molar refractivity (Wildman–Crippen MR) is 72.9 cm³/mol. The lowest BCUT2D eigenvalue weighted by atomic mass is 9.94. The SMILES string of the molecule is Cc1cccc(Cl)c1C1CCc2nc(N)sc21. The molecule has 2 nitrogen and oxygen atoms in total. The molecule has 0 bridgehead atoms. The van der Waals surface area contributed by atoms with Gasteiger partial charge in [0.1, 0.15) is 0 Å². The highest BCUT2D eigenvalue weighted by Gasteiger charge is 2.30. The van der Waals surface area contributed by atoms with E-state index in [1.165, 1.54) is 16.0 Å². The average molecular weight is 265 g/mol. The van der Waals surface area contributed by atoms with Gasteiger partial charge in [0.05, 0.1) is 5.69 Å². The van der Waals surface area contributed by atoms with Gasteiger partial charge < -0.3 is 5.73 Å². The summed E-state index contributed by atoms with van der Waals surface area (Å²) in [5.74, 6) is 0.383. The molecule has 3 rings (SSSR count). The van der Waals surface area contributed by atoms with Crippen LogP contribution in [0.5, 0.6) is 0 Å². The molecule has 1 aliphatic carbocycles. The summed E-state index contributed by atoms with van der Waals surface area (Å²) in [5.41, 5.74) is 9.44. The predicted octanol–water partition coefficient (Wildman–Crippen LogP) is 3.77. The molecular formula is C13H13ClN2S. The van der Waals surface area contributed by atoms with Gasteiger partial charge >= 0.3 is 0 Å². The van der Waals surface area contributed by atoms with Crippen LogP contribution in [-0.2, 0) is 6.42 Å². The summed E-state index contributed by atoms with van der Waals surface area (Å²) in [6.45, 7) is 2.11. The molecule has 0 radical (unpaired) electrons. The number of hydrogen-bond donors (Lipinski definition) is 1. The third-order valence-electron chi connectivity index (χ3n) is 3.35. The number of halogens is 1. The van der Waals surface area contributed by atoms with Crippen molar-refractivity contribution >= 4 is 28.1 Å². The van der Waals surface area contributed by atoms with Crippen LogP contribution in [0.4, 0.5) is 5.13 Å². The Labute approximate surface area is 109 Å². The second-order valence-electron chi connectivity index (χ2n) is 4.42. The zero-order valence-corrected chi connectivity index (χ0v) is 11.1. The second-order valence-corrected chi connectivity index (χ2v) is 5.89. The highest BCUT2D eigenvalue weighted by molar-refractivity contribution is 7.15. The second kappa shape index (κ2) is 4.00. The van der Waals surface area contributed by atoms with Crippen molar-refractivity contribution in [1.29, 1.82) is 0 Å². The average Bonchev–Trinajstić information content (AvgIpc) is 2.78. The van der Waals surface area contributed by atoms with E-state index >= 15 is 0 Å². The summed E-state index contributed by atoms with van der Waals surface area (Å²) < 4.78 is 0. The molecule has 1 aromatic carbocycles. The van der Waals surface area contributed by atoms with E-state index in [2.05, 4.69) is 18.0 Å². The first-order valence-corrected chi connectivity index (χ1v) is 6.86. The van der Waals surface area contributed by atoms with E-state index in [1.807, 2.05) is 12.1 Å². The number of benzene rings is 1. The number of rotatable bonds is 1. The number of aromatic nitrogens is 1. The topological polar surface area (TPSA) is 38.9 Å². The van der Waals surface area contributed by atoms with Crippen LogP contribution in [0.3, 0.4) is 0 Å². The summed E-state index contributed by atoms with van der Waals surface area (Å²) in [7, 11) is 0. The van der Waals surface area contributed by atoms with Gasteiger partial charge in [0, 0.05) is 15.8 Å². The molecule has 0 spiro atoms. The Kier molecular flexibility index (Phi) is 2.60. The smallest absolute Gasteiger partial charge is 0.180 e. The van der Waals surface area contributed by atoms with Crippen molar-refractivity contribution in [3.05, 3.63) is 44.9 Å². The van der Waals surface area contributed by atoms with Crippen LogP contribution in [0.2, 0.25) is 5.02 Å². The lowest BCUT2D eigenvalue weighted by Gasteiger charge is -2.15. The molecule has 4 heteroatoms. The van der Waals surface area contributed by atoms with Crippen molar-refractivity contribution in [2.75, 3.05) is 5.73 Å². The molecule has 2 aromatic rings. The van der Waals surface area contributed by atoms with Gasteiger partial charge in [0.2, 0.25) is 0 Å². The Morgan fingerprint density at radius 2 is 2.29 bits per heavy atom. The third-order valence-corrected chi connectivity index (χ3v) is 4.72. The lowest BCUT2D eigenvalue weighted by Crippen LogP contribution is -1.98. The Morgan fingerprint density at radius 1 is 1.47 bits per heavy atom. The first-order chi connectivity index (χ1) is 8.16. The Bertz CT molecular complexity index is 557. The van der Waals surface area contributed by atoms with Crippen molar-refractivity contribution < 1.29 is 0 Å². The molecule has 0 saturated heterocycles. The van der Waals surface area contributed by atoms with E-state index in [-0.39, 0.29) is 0 Å². The molecule has 1 unspecified atom stereocenters. The van der Waals surface area contributed by atoms with Gasteiger partial charge in [-0.15, -0.1) is 11.3 Å². The summed E-state index contributed by atoms with van der Waals surface area (Å²) >= 11 is 7.94. The standard InChI is InChI=1S/C13H13ClN2S/c1-7-3-2-4-9(14)11(7)8-5-6-10-12(8)17-13(15)16-10/h2-4,8H,5-6H2,1H3,(H2,15,16). The minimum atomic E-state index is 0.383. The summed E-state index contributed by atoms with van der Waals surface area (Å²) in [6.07, 6.45) is 2.11. The first kappa shape index (κ1) is 11.1. The monoisotopic (exact) mass is 264 g/mol. The number of nitrogens with zero attached hydrogens (tertiary/aromatic N) is 1. The Hall–Kier alpha value is -1.06. The molecule has 0 fully saturated rings. The van der Waals surface area contributed by atoms with Crippen LogP contribution >= 0.6 is 22.9 Å². The lowest BCUT2D eigenvalue weighted by molar-refractivity contribution is 0.785. The van der Waals surface area contributed by atoms with Gasteiger partial charge in [0.25, 0.3) is 0 Å². The van der Waals surface area contributed by atoms with Crippen LogP contribution in [-0.4, -0.2) is 4.98 Å². The van der Waals surface area contributed by atoms with E-state index in [0.717, 1.165) is 23.6 Å². The van der Waals surface area contributed by atoms with E-state index in [1.54, 1.807) is 11.3 Å². The molecule has 1 aromatic heterocycles. The van der Waals surface area contributed by atoms with Gasteiger partial charge in [0.15, 0.2) is 5.13 Å². The Balaban J connectivity index is 2.12. The minimum Gasteiger partial charge on any atom is -0.375 e. The number of aryl methyl sites for hydroxylation is 2. The van der Waals surface area contributed by atoms with Gasteiger partial charge in [-0.05, 0) is 37.0 Å². The number of nitrogen functional groups attached to an aromatic ring is 1. The summed E-state index contributed by atoms with van der Waals surface area (Å²) in [5, 5.41) is 1.53. The van der Waals surface area contributed by atoms with Crippen molar-refractivity contribution in [1.82, 2.24) is 4.98 Å². The van der Waals surface area contributed by atoms with Crippen LogP contribution < -0.4 is 5.73 Å². The quantitative estimate of drug-likeness (QED) is 0.852. The van der Waals surface area contributed by atoms with Crippen LogP contribution in [0, 0.1) is 6.92 Å². The minimum absolute atomic E-state index is 0.383. The molecule has 0 amide bonds. The zero-order chi connectivity index (χ0) is 12.0. The van der Waals surface area contributed by atoms with Crippen molar-refractivity contribution in [2.45, 2.75) is 25.7 Å². The van der Waals surface area contributed by atoms with Gasteiger partial charge in [-0.1, -0.05) is 23.7 Å². The number of fused-ring (bicyclic) bond motifs is 1. The van der Waals surface area contributed by atoms with Gasteiger partial charge in [-0.25, -0.2) is 4.98 Å². The normalized spacial score (nSPS) is 18.4. The molecule has 0 aliphatic heterocycles. The number of thiazole rings is 1. The fourth-order valence-electron chi connectivity index (χ4n) is 2.61. The molecule has 17 heavy (non-hydrogen) atoms. The van der Waals surface area contributed by atoms with E-state index in [4.69, 9.17) is 17.3 Å². The first-order valence-electron chi connectivity index (χ1n) is 5.67. The Morgan fingerprint density at radius 3 is 3.06 bits per heavy atom. The number of hydrogen-bond acceptors (Lipinski definition) is 3. The fraction of sp³-hybridized carbons (Fsp3) is 0.308. The molecular weight excluding hydrogens is 252 g/mol. The summed E-state index contributed by atoms with van der Waals surface area (Å²) in [6, 6.07) is 6.08. The molecule has 1 heterocycles. The molecule has 0 saturated carbocycles. The highest BCUT2D eigenvalue weighted by Crippen LogP contribution is 2.45. The van der Waals surface area contributed by atoms with Crippen molar-refractivity contribution in [3.8, 4) is 0 Å². The van der Waals surface area contributed by atoms with Crippen LogP contribution in [0.15, 0.2) is 18.2 Å². The maximum Gasteiger partial charge on any atom is 0.180 e. The zero-order valence-electron chi connectivity index (χ0n) is 9.53. The van der Waals surface area contributed by atoms with Gasteiger partial charge in [-0.3, -0.25) is 0 Å². The number of anilines is 1. The van der Waals surface area contributed by atoms with E-state index < -0.39 is 0 Å². The highest BCUT2D eigenvalue weighted by atomic mass is 35.5. The van der Waals surface area contributed by atoms with E-state index in [9.17, 15) is 0 Å². The molecule has 2 N–H and O–H groups in total. The largest absolute Gasteiger partial charge is 0.375 e. The van der Waals surface area contributed by atoms with Gasteiger partial charge in [-0.2, -0.15) is 0 Å². The van der Waals surface area contributed by atoms with Crippen LogP contribution in [0.25, 0.3) is 0 Å². The third kappa shape index (κ3) is 1.74. The van der Waals surface area contributed by atoms with Crippen molar-refractivity contribution in [3.63, 3.8) is 0 Å². The number of nitrogens with two attached hydrogens (primary N) is 1. The molecule has 1 atom stereocenters. The van der Waals surface area contributed by atoms with E-state index in [0.29, 0.717) is 11.0 Å². The fourth-order valence-corrected chi connectivity index (χ4v) is 3.99. The van der Waals surface area contributed by atoms with Crippen molar-refractivity contribution in [2.24, 2.45) is 0 Å². The molecule has 1 aliphatic rings. The maximum atomic E-state index is 6.34. The maximum absolute atomic E-state index is 6.34. The summed E-state index contributed by atoms with van der Waals surface area (Å²) in [4.78, 5) is 5.68. The molecule has 88 valence electrons. The van der Waals surface area contributed by atoms with Crippen LogP contribution in [0.1, 0.15) is 34.0 Å².